The summed E-state index contributed by atoms with van der Waals surface area (Å²) in [5.74, 6) is 0. The highest BCUT2D eigenvalue weighted by molar-refractivity contribution is 5.04. The highest BCUT2D eigenvalue weighted by atomic mass is 16.6. The van der Waals surface area contributed by atoms with Gasteiger partial charge in [-0.25, -0.2) is 10.1 Å². The molecular weight excluding hydrogens is 308 g/mol. The molecule has 1 aliphatic heterocycles. The number of nitriles is 1. The molecule has 0 spiro atoms. The summed E-state index contributed by atoms with van der Waals surface area (Å²) in [6.45, 7) is 2.96. The molecule has 2 heterocycles. The number of nitrogens with two attached hydrogens (primary N) is 1. The standard InChI is InChI=1S/C12H17N3O6.CHN/c13-4-1-3-12(10(19)9(18)7(6-16)21-12)15-5-2-8(17)14-11(15)20;1-2/h1-2,4-5,7,9-10,16,18-19H,3,6,13H2,(H,14,17,20);1H/t7-,9-,10-,12-;/m1./s1. The zero-order valence-electron chi connectivity index (χ0n) is 12.1. The molecule has 1 aromatic rings. The van der Waals surface area contributed by atoms with E-state index < -0.39 is 41.9 Å². The first-order valence-electron chi connectivity index (χ1n) is 6.56. The summed E-state index contributed by atoms with van der Waals surface area (Å²) in [6, 6.07) is 1.09. The quantitative estimate of drug-likeness (QED) is 0.397. The molecule has 2 rings (SSSR count). The number of aromatic nitrogens is 2. The molecule has 0 aromatic carbocycles. The topological polar surface area (TPSA) is 175 Å². The average Bonchev–Trinajstić information content (AvgIpc) is 2.80. The molecule has 1 aromatic heterocycles. The van der Waals surface area contributed by atoms with Gasteiger partial charge >= 0.3 is 5.69 Å². The maximum absolute atomic E-state index is 12.0. The predicted molar refractivity (Wildman–Crippen MR) is 77.9 cm³/mol. The van der Waals surface area contributed by atoms with Gasteiger partial charge < -0.3 is 25.8 Å². The van der Waals surface area contributed by atoms with Crippen molar-refractivity contribution in [2.45, 2.75) is 30.5 Å². The molecule has 126 valence electrons. The van der Waals surface area contributed by atoms with Gasteiger partial charge in [-0.1, -0.05) is 6.08 Å². The number of H-pyrrole nitrogens is 1. The summed E-state index contributed by atoms with van der Waals surface area (Å²) in [6.07, 6.45) is -0.189. The fourth-order valence-electron chi connectivity index (χ4n) is 2.44. The molecule has 0 aliphatic carbocycles. The van der Waals surface area contributed by atoms with Crippen molar-refractivity contribution in [3.8, 4) is 6.57 Å². The first-order valence-corrected chi connectivity index (χ1v) is 6.56. The molecule has 4 atom stereocenters. The van der Waals surface area contributed by atoms with E-state index in [-0.39, 0.29) is 6.42 Å². The summed E-state index contributed by atoms with van der Waals surface area (Å²) in [7, 11) is 0. The number of aliphatic hydroxyl groups excluding tert-OH is 3. The van der Waals surface area contributed by atoms with E-state index >= 15 is 0 Å². The summed E-state index contributed by atoms with van der Waals surface area (Å²) in [5.41, 5.74) is 2.20. The minimum absolute atomic E-state index is 0.0375. The van der Waals surface area contributed by atoms with E-state index in [1.54, 1.807) is 0 Å². The van der Waals surface area contributed by atoms with Crippen LogP contribution in [-0.2, 0) is 10.5 Å². The Morgan fingerprint density at radius 2 is 2.13 bits per heavy atom. The third-order valence-electron chi connectivity index (χ3n) is 3.48. The predicted octanol–water partition coefficient (Wildman–Crippen LogP) is -2.70. The van der Waals surface area contributed by atoms with Gasteiger partial charge in [0.2, 0.25) is 0 Å². The lowest BCUT2D eigenvalue weighted by atomic mass is 9.99. The van der Waals surface area contributed by atoms with Crippen LogP contribution < -0.4 is 17.0 Å². The molecule has 0 saturated carbocycles. The smallest absolute Gasteiger partial charge is 0.330 e. The highest BCUT2D eigenvalue weighted by Gasteiger charge is 2.55. The Labute approximate surface area is 130 Å². The molecule has 6 N–H and O–H groups in total. The Morgan fingerprint density at radius 1 is 1.48 bits per heavy atom. The number of ether oxygens (including phenoxy) is 1. The fraction of sp³-hybridized carbons (Fsp3) is 0.462. The first kappa shape index (κ1) is 18.6. The highest BCUT2D eigenvalue weighted by Crippen LogP contribution is 2.37. The summed E-state index contributed by atoms with van der Waals surface area (Å²) in [4.78, 5) is 25.2. The molecule has 0 bridgehead atoms. The van der Waals surface area contributed by atoms with Crippen LogP contribution in [0.1, 0.15) is 6.42 Å². The van der Waals surface area contributed by atoms with E-state index in [9.17, 15) is 24.9 Å². The van der Waals surface area contributed by atoms with E-state index in [4.69, 9.17) is 15.7 Å². The van der Waals surface area contributed by atoms with Crippen LogP contribution in [0.15, 0.2) is 34.1 Å². The lowest BCUT2D eigenvalue weighted by Gasteiger charge is -2.32. The van der Waals surface area contributed by atoms with Crippen molar-refractivity contribution in [1.82, 2.24) is 9.55 Å². The van der Waals surface area contributed by atoms with Crippen LogP contribution in [0.5, 0.6) is 0 Å². The molecule has 0 radical (unpaired) electrons. The SMILES string of the molecule is C#N.NC=CC[C@@]1(n2ccc(=O)[nH]c2=O)O[C@H](CO)[C@@H](O)[C@H]1O. The minimum atomic E-state index is -1.66. The van der Waals surface area contributed by atoms with Crippen molar-refractivity contribution in [3.63, 3.8) is 0 Å². The molecule has 1 aliphatic rings. The van der Waals surface area contributed by atoms with Gasteiger partial charge in [0.05, 0.1) is 6.61 Å². The number of hydrogen-bond acceptors (Lipinski definition) is 8. The summed E-state index contributed by atoms with van der Waals surface area (Å²) >= 11 is 0. The van der Waals surface area contributed by atoms with Crippen LogP contribution in [0.25, 0.3) is 0 Å². The zero-order chi connectivity index (χ0) is 17.6. The van der Waals surface area contributed by atoms with Crippen LogP contribution in [0, 0.1) is 11.8 Å². The maximum atomic E-state index is 12.0. The lowest BCUT2D eigenvalue weighted by molar-refractivity contribution is -0.148. The molecule has 10 nitrogen and oxygen atoms in total. The van der Waals surface area contributed by atoms with Gasteiger partial charge in [-0.2, -0.15) is 0 Å². The number of aromatic amines is 1. The van der Waals surface area contributed by atoms with Crippen molar-refractivity contribution < 1.29 is 20.1 Å². The normalized spacial score (nSPS) is 30.0. The maximum Gasteiger partial charge on any atom is 0.330 e. The number of aliphatic hydroxyl groups is 3. The van der Waals surface area contributed by atoms with E-state index in [0.717, 1.165) is 16.8 Å². The first-order chi connectivity index (χ1) is 11.0. The molecule has 0 amide bonds. The van der Waals surface area contributed by atoms with Gasteiger partial charge in [-0.3, -0.25) is 14.3 Å². The van der Waals surface area contributed by atoms with Crippen molar-refractivity contribution in [1.29, 1.82) is 5.26 Å². The van der Waals surface area contributed by atoms with Crippen LogP contribution in [0.2, 0.25) is 0 Å². The number of nitrogens with one attached hydrogen (secondary N) is 1. The van der Waals surface area contributed by atoms with Gasteiger partial charge in [0, 0.05) is 25.3 Å². The van der Waals surface area contributed by atoms with E-state index in [2.05, 4.69) is 6.57 Å². The molecule has 0 unspecified atom stereocenters. The van der Waals surface area contributed by atoms with Crippen LogP contribution in [0.3, 0.4) is 0 Å². The Bertz CT molecular complexity index is 681. The minimum Gasteiger partial charge on any atom is -0.405 e. The van der Waals surface area contributed by atoms with E-state index in [1.165, 1.54) is 12.3 Å². The van der Waals surface area contributed by atoms with Crippen molar-refractivity contribution in [3.05, 3.63) is 45.4 Å². The molecule has 1 saturated heterocycles. The Kier molecular flexibility index (Phi) is 6.23. The Balaban J connectivity index is 0.00000127. The van der Waals surface area contributed by atoms with Crippen molar-refractivity contribution in [2.75, 3.05) is 6.61 Å². The van der Waals surface area contributed by atoms with Gasteiger partial charge in [0.15, 0.2) is 5.72 Å². The third-order valence-corrected chi connectivity index (χ3v) is 3.48. The molecular formula is C13H18N4O6. The molecule has 10 heteroatoms. The van der Waals surface area contributed by atoms with Gasteiger partial charge in [-0.05, 0) is 6.20 Å². The number of rotatable bonds is 4. The number of hydrogen-bond donors (Lipinski definition) is 5. The van der Waals surface area contributed by atoms with Crippen molar-refractivity contribution >= 4 is 0 Å². The van der Waals surface area contributed by atoms with Crippen LogP contribution in [0.4, 0.5) is 0 Å². The zero-order valence-corrected chi connectivity index (χ0v) is 12.1. The van der Waals surface area contributed by atoms with E-state index in [1.807, 2.05) is 4.98 Å². The number of nitrogens with zero attached hydrogens (tertiary/aromatic N) is 2. The van der Waals surface area contributed by atoms with Crippen LogP contribution >= 0.6 is 0 Å². The second-order valence-electron chi connectivity index (χ2n) is 4.73. The lowest BCUT2D eigenvalue weighted by Crippen LogP contribution is -2.51. The molecule has 1 fully saturated rings. The largest absolute Gasteiger partial charge is 0.405 e. The van der Waals surface area contributed by atoms with E-state index in [0.29, 0.717) is 0 Å². The third kappa shape index (κ3) is 3.33. The van der Waals surface area contributed by atoms with Gasteiger partial charge in [-0.15, -0.1) is 0 Å². The Morgan fingerprint density at radius 3 is 2.61 bits per heavy atom. The monoisotopic (exact) mass is 326 g/mol. The fourth-order valence-corrected chi connectivity index (χ4v) is 2.44. The summed E-state index contributed by atoms with van der Waals surface area (Å²) in [5, 5.41) is 35.9. The second-order valence-corrected chi connectivity index (χ2v) is 4.73. The average molecular weight is 326 g/mol. The van der Waals surface area contributed by atoms with Crippen molar-refractivity contribution in [2.24, 2.45) is 5.73 Å². The van der Waals surface area contributed by atoms with Gasteiger partial charge in [0.25, 0.3) is 5.56 Å². The van der Waals surface area contributed by atoms with Crippen LogP contribution in [-0.4, -0.2) is 49.8 Å². The molecule has 23 heavy (non-hydrogen) atoms. The summed E-state index contributed by atoms with van der Waals surface area (Å²) < 4.78 is 6.49. The second kappa shape index (κ2) is 7.70. The Hall–Kier alpha value is -2.45. The van der Waals surface area contributed by atoms with Gasteiger partial charge in [0.1, 0.15) is 18.3 Å².